The molecular formula is C15H8ClN3O3S2. The molecule has 6 nitrogen and oxygen atoms in total. The highest BCUT2D eigenvalue weighted by molar-refractivity contribution is 7.15. The van der Waals surface area contributed by atoms with E-state index in [4.69, 9.17) is 16.0 Å². The Morgan fingerprint density at radius 1 is 1.46 bits per heavy atom. The zero-order valence-corrected chi connectivity index (χ0v) is 14.2. The molecule has 0 aliphatic heterocycles. The number of carbonyl (C=O) groups excluding carboxylic acids is 1. The van der Waals surface area contributed by atoms with Gasteiger partial charge in [-0.3, -0.25) is 14.0 Å². The van der Waals surface area contributed by atoms with Crippen molar-refractivity contribution in [1.29, 1.82) is 0 Å². The van der Waals surface area contributed by atoms with Crippen molar-refractivity contribution in [3.05, 3.63) is 66.1 Å². The molecule has 4 heterocycles. The molecule has 24 heavy (non-hydrogen) atoms. The Morgan fingerprint density at radius 2 is 2.33 bits per heavy atom. The Kier molecular flexibility index (Phi) is 3.72. The summed E-state index contributed by atoms with van der Waals surface area (Å²) in [5.74, 6) is -0.0970. The SMILES string of the molecule is O=C(/C=c1/[nH]c(=O)/c(=C/c2c(Cl)nc3sccn23)s1)c1ccco1. The fraction of sp³-hybridized carbons (Fsp3) is 0. The summed E-state index contributed by atoms with van der Waals surface area (Å²) in [6, 6.07) is 3.20. The van der Waals surface area contributed by atoms with E-state index in [1.807, 2.05) is 16.0 Å². The molecule has 0 bridgehead atoms. The number of nitrogens with one attached hydrogen (secondary N) is 1. The average Bonchev–Trinajstić information content (AvgIpc) is 3.28. The van der Waals surface area contributed by atoms with Crippen LogP contribution in [0.5, 0.6) is 0 Å². The van der Waals surface area contributed by atoms with Crippen LogP contribution in [0, 0.1) is 0 Å². The summed E-state index contributed by atoms with van der Waals surface area (Å²) in [4.78, 5) is 31.7. The van der Waals surface area contributed by atoms with E-state index in [-0.39, 0.29) is 17.1 Å². The number of carbonyl (C=O) groups is 1. The number of furan rings is 1. The molecule has 1 N–H and O–H groups in total. The highest BCUT2D eigenvalue weighted by Crippen LogP contribution is 2.21. The van der Waals surface area contributed by atoms with Crippen LogP contribution in [0.1, 0.15) is 16.2 Å². The standard InChI is InChI=1S/C15H8ClN3O3S2/c16-13-8(19-3-5-23-15(19)18-13)6-11-14(21)17-12(24-11)7-9(20)10-2-1-4-22-10/h1-7H,(H,17,21)/b11-6-,12-7-. The molecule has 0 amide bonds. The quantitative estimate of drug-likeness (QED) is 0.553. The monoisotopic (exact) mass is 377 g/mol. The van der Waals surface area contributed by atoms with Crippen LogP contribution in [0.15, 0.2) is 39.2 Å². The van der Waals surface area contributed by atoms with Gasteiger partial charge in [-0.1, -0.05) is 11.6 Å². The molecule has 4 rings (SSSR count). The van der Waals surface area contributed by atoms with Gasteiger partial charge in [-0.2, -0.15) is 0 Å². The molecule has 0 aliphatic carbocycles. The van der Waals surface area contributed by atoms with Crippen molar-refractivity contribution < 1.29 is 9.21 Å². The number of nitrogens with zero attached hydrogens (tertiary/aromatic N) is 2. The second-order valence-corrected chi connectivity index (χ2v) is 7.07. The first-order chi connectivity index (χ1) is 11.6. The Balaban J connectivity index is 1.82. The Hall–Kier alpha value is -2.42. The van der Waals surface area contributed by atoms with Crippen molar-refractivity contribution in [3.63, 3.8) is 0 Å². The lowest BCUT2D eigenvalue weighted by Gasteiger charge is -1.88. The summed E-state index contributed by atoms with van der Waals surface area (Å²) in [5.41, 5.74) is 0.337. The van der Waals surface area contributed by atoms with E-state index in [1.54, 1.807) is 18.2 Å². The molecule has 0 fully saturated rings. The number of hydrogen-bond donors (Lipinski definition) is 1. The number of fused-ring (bicyclic) bond motifs is 1. The molecular weight excluding hydrogens is 370 g/mol. The number of ketones is 1. The van der Waals surface area contributed by atoms with E-state index < -0.39 is 0 Å². The molecule has 0 radical (unpaired) electrons. The van der Waals surface area contributed by atoms with Crippen LogP contribution >= 0.6 is 34.3 Å². The predicted octanol–water partition coefficient (Wildman–Crippen LogP) is 1.88. The van der Waals surface area contributed by atoms with Gasteiger partial charge in [-0.25, -0.2) is 4.98 Å². The third kappa shape index (κ3) is 2.64. The first kappa shape index (κ1) is 15.1. The van der Waals surface area contributed by atoms with Crippen molar-refractivity contribution in [2.45, 2.75) is 0 Å². The van der Waals surface area contributed by atoms with Gasteiger partial charge in [-0.05, 0) is 18.2 Å². The van der Waals surface area contributed by atoms with E-state index in [2.05, 4.69) is 9.97 Å². The first-order valence-electron chi connectivity index (χ1n) is 6.73. The van der Waals surface area contributed by atoms with Crippen molar-refractivity contribution in [3.8, 4) is 0 Å². The summed E-state index contributed by atoms with van der Waals surface area (Å²) in [5, 5.41) is 2.21. The van der Waals surface area contributed by atoms with Gasteiger partial charge in [0.15, 0.2) is 15.9 Å². The topological polar surface area (TPSA) is 80.4 Å². The number of aromatic amines is 1. The van der Waals surface area contributed by atoms with Crippen LogP contribution < -0.4 is 14.8 Å². The molecule has 0 saturated carbocycles. The minimum absolute atomic E-state index is 0.216. The van der Waals surface area contributed by atoms with Gasteiger partial charge in [0.2, 0.25) is 5.78 Å². The number of imidazole rings is 1. The van der Waals surface area contributed by atoms with E-state index in [9.17, 15) is 9.59 Å². The number of aromatic nitrogens is 3. The highest BCUT2D eigenvalue weighted by Gasteiger charge is 2.10. The molecule has 0 atom stereocenters. The zero-order chi connectivity index (χ0) is 16.7. The third-order valence-electron chi connectivity index (χ3n) is 3.23. The van der Waals surface area contributed by atoms with Crippen LogP contribution in [0.4, 0.5) is 0 Å². The minimum atomic E-state index is -0.313. The van der Waals surface area contributed by atoms with Crippen molar-refractivity contribution in [2.75, 3.05) is 0 Å². The van der Waals surface area contributed by atoms with E-state index in [1.165, 1.54) is 35.0 Å². The van der Waals surface area contributed by atoms with E-state index >= 15 is 0 Å². The van der Waals surface area contributed by atoms with Crippen LogP contribution in [-0.4, -0.2) is 20.2 Å². The number of H-pyrrole nitrogens is 1. The Labute approximate surface area is 147 Å². The fourth-order valence-corrected chi connectivity index (χ4v) is 4.02. The summed E-state index contributed by atoms with van der Waals surface area (Å²) >= 11 is 8.75. The van der Waals surface area contributed by atoms with Gasteiger partial charge in [0.05, 0.1) is 21.2 Å². The van der Waals surface area contributed by atoms with Gasteiger partial charge in [0.1, 0.15) is 0 Å². The van der Waals surface area contributed by atoms with Gasteiger partial charge in [0, 0.05) is 17.7 Å². The van der Waals surface area contributed by atoms with Crippen LogP contribution in [0.2, 0.25) is 5.15 Å². The Morgan fingerprint density at radius 3 is 3.12 bits per heavy atom. The van der Waals surface area contributed by atoms with E-state index in [0.717, 1.165) is 4.96 Å². The molecule has 4 aromatic rings. The Bertz CT molecular complexity index is 1210. The molecule has 0 saturated heterocycles. The van der Waals surface area contributed by atoms with Crippen molar-refractivity contribution in [2.24, 2.45) is 0 Å². The second-order valence-electron chi connectivity index (χ2n) is 4.76. The van der Waals surface area contributed by atoms with Crippen LogP contribution in [-0.2, 0) is 0 Å². The largest absolute Gasteiger partial charge is 0.461 e. The number of thiazole rings is 2. The molecule has 4 aromatic heterocycles. The summed E-state index contributed by atoms with van der Waals surface area (Å²) in [6.07, 6.45) is 6.25. The van der Waals surface area contributed by atoms with Crippen LogP contribution in [0.3, 0.4) is 0 Å². The fourth-order valence-electron chi connectivity index (χ4n) is 2.16. The minimum Gasteiger partial charge on any atom is -0.461 e. The molecule has 0 spiro atoms. The van der Waals surface area contributed by atoms with Crippen molar-refractivity contribution >= 4 is 57.2 Å². The molecule has 0 unspecified atom stereocenters. The first-order valence-corrected chi connectivity index (χ1v) is 8.81. The summed E-state index contributed by atoms with van der Waals surface area (Å²) < 4.78 is 7.72. The lowest BCUT2D eigenvalue weighted by atomic mass is 10.3. The van der Waals surface area contributed by atoms with Gasteiger partial charge < -0.3 is 9.40 Å². The lowest BCUT2D eigenvalue weighted by Crippen LogP contribution is -2.20. The smallest absolute Gasteiger partial charge is 0.266 e. The van der Waals surface area contributed by atoms with Crippen molar-refractivity contribution in [1.82, 2.24) is 14.4 Å². The van der Waals surface area contributed by atoms with E-state index in [0.29, 0.717) is 20.0 Å². The summed E-state index contributed by atoms with van der Waals surface area (Å²) in [7, 11) is 0. The van der Waals surface area contributed by atoms with Gasteiger partial charge >= 0.3 is 0 Å². The molecule has 9 heteroatoms. The maximum atomic E-state index is 12.1. The number of rotatable bonds is 3. The number of Topliss-reactive ketones (excluding diaryl/α,β-unsaturated/α-hetero) is 1. The molecule has 0 aliphatic rings. The molecule has 120 valence electrons. The maximum absolute atomic E-state index is 12.1. The zero-order valence-electron chi connectivity index (χ0n) is 11.9. The lowest BCUT2D eigenvalue weighted by molar-refractivity contribution is 0.103. The second kappa shape index (κ2) is 5.90. The predicted molar refractivity (Wildman–Crippen MR) is 93.3 cm³/mol. The maximum Gasteiger partial charge on any atom is 0.266 e. The number of halogens is 1. The molecule has 0 aromatic carbocycles. The third-order valence-corrected chi connectivity index (χ3v) is 5.23. The average molecular weight is 378 g/mol. The number of hydrogen-bond acceptors (Lipinski definition) is 6. The summed E-state index contributed by atoms with van der Waals surface area (Å²) in [6.45, 7) is 0. The van der Waals surface area contributed by atoms with Gasteiger partial charge in [-0.15, -0.1) is 22.7 Å². The normalized spacial score (nSPS) is 13.2. The van der Waals surface area contributed by atoms with Gasteiger partial charge in [0.25, 0.3) is 5.56 Å². The van der Waals surface area contributed by atoms with Crippen LogP contribution in [0.25, 0.3) is 17.1 Å². The highest BCUT2D eigenvalue weighted by atomic mass is 35.5.